The van der Waals surface area contributed by atoms with Gasteiger partial charge in [-0.1, -0.05) is 0 Å². The van der Waals surface area contributed by atoms with E-state index in [4.69, 9.17) is 0 Å². The second-order valence-electron chi connectivity index (χ2n) is 5.03. The summed E-state index contributed by atoms with van der Waals surface area (Å²) in [5.41, 5.74) is 0.212. The highest BCUT2D eigenvalue weighted by molar-refractivity contribution is 7.99. The molecular formula is C12H16N4O2S. The van der Waals surface area contributed by atoms with E-state index in [0.29, 0.717) is 18.7 Å². The van der Waals surface area contributed by atoms with E-state index in [0.717, 1.165) is 17.2 Å². The largest absolute Gasteiger partial charge is 0.330 e. The van der Waals surface area contributed by atoms with E-state index < -0.39 is 5.54 Å². The van der Waals surface area contributed by atoms with Gasteiger partial charge in [-0.3, -0.25) is 9.48 Å². The second-order valence-corrected chi connectivity index (χ2v) is 6.26. The lowest BCUT2D eigenvalue weighted by atomic mass is 9.92. The van der Waals surface area contributed by atoms with Crippen molar-refractivity contribution in [2.24, 2.45) is 7.05 Å². The van der Waals surface area contributed by atoms with Gasteiger partial charge < -0.3 is 5.32 Å². The Morgan fingerprint density at radius 2 is 2.05 bits per heavy atom. The highest BCUT2D eigenvalue weighted by atomic mass is 32.2. The third-order valence-electron chi connectivity index (χ3n) is 3.84. The van der Waals surface area contributed by atoms with E-state index in [1.807, 2.05) is 18.7 Å². The Hall–Kier alpha value is -1.50. The summed E-state index contributed by atoms with van der Waals surface area (Å²) < 4.78 is 1.66. The van der Waals surface area contributed by atoms with Crippen molar-refractivity contribution in [1.82, 2.24) is 15.1 Å². The first-order valence-corrected chi connectivity index (χ1v) is 7.44. The predicted molar refractivity (Wildman–Crippen MR) is 73.3 cm³/mol. The number of amides is 3. The second kappa shape index (κ2) is 4.26. The molecule has 7 heteroatoms. The Kier molecular flexibility index (Phi) is 2.81. The molecule has 0 aliphatic carbocycles. The lowest BCUT2D eigenvalue weighted by Crippen LogP contribution is -2.49. The molecule has 1 aromatic heterocycles. The molecule has 0 bridgehead atoms. The van der Waals surface area contributed by atoms with Crippen LogP contribution in [-0.2, 0) is 11.8 Å². The van der Waals surface area contributed by atoms with E-state index in [1.54, 1.807) is 17.8 Å². The van der Waals surface area contributed by atoms with Gasteiger partial charge in [-0.15, -0.1) is 0 Å². The fraction of sp³-hybridized carbons (Fsp3) is 0.583. The van der Waals surface area contributed by atoms with Gasteiger partial charge in [0.25, 0.3) is 5.91 Å². The van der Waals surface area contributed by atoms with Crippen LogP contribution in [0.2, 0.25) is 0 Å². The number of rotatable bonds is 1. The molecule has 19 heavy (non-hydrogen) atoms. The van der Waals surface area contributed by atoms with Crippen LogP contribution in [0.25, 0.3) is 0 Å². The van der Waals surface area contributed by atoms with Gasteiger partial charge in [-0.25, -0.2) is 9.69 Å². The predicted octanol–water partition coefficient (Wildman–Crippen LogP) is 1.05. The zero-order valence-corrected chi connectivity index (χ0v) is 11.8. The van der Waals surface area contributed by atoms with Crippen molar-refractivity contribution in [2.75, 3.05) is 16.4 Å². The molecule has 2 saturated heterocycles. The van der Waals surface area contributed by atoms with Gasteiger partial charge in [0.15, 0.2) is 5.82 Å². The van der Waals surface area contributed by atoms with Crippen LogP contribution in [0.1, 0.15) is 18.5 Å². The molecule has 0 unspecified atom stereocenters. The lowest BCUT2D eigenvalue weighted by Gasteiger charge is -2.29. The summed E-state index contributed by atoms with van der Waals surface area (Å²) in [4.78, 5) is 25.9. The molecule has 6 nitrogen and oxygen atoms in total. The molecule has 3 rings (SSSR count). The number of carbonyl (C=O) groups excluding carboxylic acids is 2. The monoisotopic (exact) mass is 280 g/mol. The van der Waals surface area contributed by atoms with Crippen LogP contribution in [-0.4, -0.2) is 38.8 Å². The fourth-order valence-corrected chi connectivity index (χ4v) is 3.73. The van der Waals surface area contributed by atoms with Crippen LogP contribution in [0.4, 0.5) is 10.6 Å². The summed E-state index contributed by atoms with van der Waals surface area (Å²) in [7, 11) is 1.80. The topological polar surface area (TPSA) is 67.2 Å². The molecule has 2 aliphatic heterocycles. The third-order valence-corrected chi connectivity index (χ3v) is 4.82. The first-order valence-electron chi connectivity index (χ1n) is 6.29. The van der Waals surface area contributed by atoms with Gasteiger partial charge in [-0.2, -0.15) is 16.9 Å². The number of hydrogen-bond donors (Lipinski definition) is 1. The van der Waals surface area contributed by atoms with Gasteiger partial charge in [0.2, 0.25) is 0 Å². The molecule has 0 saturated carbocycles. The smallest absolute Gasteiger partial charge is 0.323 e. The van der Waals surface area contributed by atoms with E-state index in [9.17, 15) is 9.59 Å². The van der Waals surface area contributed by atoms with Gasteiger partial charge in [0.1, 0.15) is 5.54 Å². The van der Waals surface area contributed by atoms with Crippen LogP contribution in [0, 0.1) is 6.92 Å². The van der Waals surface area contributed by atoms with Crippen LogP contribution in [0.15, 0.2) is 6.07 Å². The van der Waals surface area contributed by atoms with Crippen LogP contribution < -0.4 is 10.2 Å². The molecule has 1 aromatic rings. The average molecular weight is 280 g/mol. The Labute approximate surface area is 115 Å². The number of urea groups is 1. The summed E-state index contributed by atoms with van der Waals surface area (Å²) in [6.45, 7) is 1.89. The van der Waals surface area contributed by atoms with Crippen LogP contribution >= 0.6 is 11.8 Å². The summed E-state index contributed by atoms with van der Waals surface area (Å²) in [5, 5.41) is 7.10. The SMILES string of the molecule is Cc1cc(N2C(=O)NC3(CCSCC3)C2=O)nn1C. The Balaban J connectivity index is 1.95. The van der Waals surface area contributed by atoms with Gasteiger partial charge in [-0.05, 0) is 31.3 Å². The molecular weight excluding hydrogens is 264 g/mol. The first kappa shape index (κ1) is 12.5. The summed E-state index contributed by atoms with van der Waals surface area (Å²) in [6.07, 6.45) is 1.40. The number of aromatic nitrogens is 2. The van der Waals surface area contributed by atoms with Crippen LogP contribution in [0.5, 0.6) is 0 Å². The standard InChI is InChI=1S/C12H16N4O2S/c1-8-7-9(14-15(8)2)16-10(17)12(13-11(16)18)3-5-19-6-4-12/h7H,3-6H2,1-2H3,(H,13,18). The molecule has 1 spiro atoms. The maximum Gasteiger partial charge on any atom is 0.330 e. The minimum Gasteiger partial charge on any atom is -0.323 e. The molecule has 2 aliphatic rings. The number of thioether (sulfide) groups is 1. The van der Waals surface area contributed by atoms with E-state index in [-0.39, 0.29) is 11.9 Å². The Bertz CT molecular complexity index is 528. The number of imide groups is 1. The van der Waals surface area contributed by atoms with Crippen LogP contribution in [0.3, 0.4) is 0 Å². The van der Waals surface area contributed by atoms with Crippen molar-refractivity contribution in [3.8, 4) is 0 Å². The molecule has 0 atom stereocenters. The number of hydrogen-bond acceptors (Lipinski definition) is 4. The molecule has 3 amide bonds. The van der Waals surface area contributed by atoms with Crippen molar-refractivity contribution in [1.29, 1.82) is 0 Å². The molecule has 3 heterocycles. The highest BCUT2D eigenvalue weighted by Crippen LogP contribution is 2.34. The maximum absolute atomic E-state index is 12.6. The molecule has 2 fully saturated rings. The molecule has 0 radical (unpaired) electrons. The molecule has 1 N–H and O–H groups in total. The summed E-state index contributed by atoms with van der Waals surface area (Å²) >= 11 is 1.82. The number of nitrogens with one attached hydrogen (secondary N) is 1. The third kappa shape index (κ3) is 1.83. The number of nitrogens with zero attached hydrogens (tertiary/aromatic N) is 3. The number of anilines is 1. The lowest BCUT2D eigenvalue weighted by molar-refractivity contribution is -0.122. The van der Waals surface area contributed by atoms with E-state index >= 15 is 0 Å². The Morgan fingerprint density at radius 1 is 1.37 bits per heavy atom. The van der Waals surface area contributed by atoms with Gasteiger partial charge in [0.05, 0.1) is 0 Å². The Morgan fingerprint density at radius 3 is 2.63 bits per heavy atom. The zero-order chi connectivity index (χ0) is 13.6. The van der Waals surface area contributed by atoms with Crippen molar-refractivity contribution in [2.45, 2.75) is 25.3 Å². The minimum absolute atomic E-state index is 0.157. The first-order chi connectivity index (χ1) is 9.03. The quantitative estimate of drug-likeness (QED) is 0.781. The minimum atomic E-state index is -0.701. The average Bonchev–Trinajstić information content (AvgIpc) is 2.80. The highest BCUT2D eigenvalue weighted by Gasteiger charge is 2.52. The van der Waals surface area contributed by atoms with Gasteiger partial charge in [0, 0.05) is 18.8 Å². The fourth-order valence-electron chi connectivity index (χ4n) is 2.54. The van der Waals surface area contributed by atoms with Crippen molar-refractivity contribution in [3.05, 3.63) is 11.8 Å². The normalized spacial score (nSPS) is 22.1. The van der Waals surface area contributed by atoms with Crippen molar-refractivity contribution in [3.63, 3.8) is 0 Å². The maximum atomic E-state index is 12.6. The number of aryl methyl sites for hydroxylation is 2. The molecule has 0 aromatic carbocycles. The van der Waals surface area contributed by atoms with E-state index in [2.05, 4.69) is 10.4 Å². The zero-order valence-electron chi connectivity index (χ0n) is 11.0. The molecule has 102 valence electrons. The summed E-state index contributed by atoms with van der Waals surface area (Å²) in [5.74, 6) is 2.07. The van der Waals surface area contributed by atoms with E-state index in [1.165, 1.54) is 4.90 Å². The summed E-state index contributed by atoms with van der Waals surface area (Å²) in [6, 6.07) is 1.41. The van der Waals surface area contributed by atoms with Gasteiger partial charge >= 0.3 is 6.03 Å². The van der Waals surface area contributed by atoms with Crippen molar-refractivity contribution >= 4 is 29.5 Å². The van der Waals surface area contributed by atoms with Crippen molar-refractivity contribution < 1.29 is 9.59 Å². The number of carbonyl (C=O) groups is 2.